The van der Waals surface area contributed by atoms with Crippen molar-refractivity contribution in [2.24, 2.45) is 0 Å². The van der Waals surface area contributed by atoms with Gasteiger partial charge in [0.15, 0.2) is 5.69 Å². The quantitative estimate of drug-likeness (QED) is 0.442. The number of nitrogens with zero attached hydrogens (tertiary/aromatic N) is 2. The number of thiophene rings is 1. The highest BCUT2D eigenvalue weighted by Crippen LogP contribution is 2.32. The lowest BCUT2D eigenvalue weighted by Gasteiger charge is -2.13. The Labute approximate surface area is 192 Å². The summed E-state index contributed by atoms with van der Waals surface area (Å²) in [7, 11) is 0. The highest BCUT2D eigenvalue weighted by atomic mass is 32.1. The van der Waals surface area contributed by atoms with Gasteiger partial charge in [-0.15, -0.1) is 11.3 Å². The second-order valence-electron chi connectivity index (χ2n) is 7.78. The summed E-state index contributed by atoms with van der Waals surface area (Å²) in [5.41, 5.74) is 6.21. The van der Waals surface area contributed by atoms with Crippen LogP contribution in [0.1, 0.15) is 45.6 Å². The van der Waals surface area contributed by atoms with Gasteiger partial charge in [0.05, 0.1) is 16.3 Å². The van der Waals surface area contributed by atoms with Crippen molar-refractivity contribution < 1.29 is 14.0 Å². The standard InChI is InChI=1S/C24H21FN4O3S/c1-13(2)29-24(32)18-7-5-4-6-17(18)20(28-29)23(31)27-26-22(30)19-12-14(3)21(33-19)15-8-10-16(25)11-9-15/h4-13H,1-3H3,(H,26,30)(H,27,31). The molecule has 0 fully saturated rings. The van der Waals surface area contributed by atoms with E-state index < -0.39 is 11.8 Å². The van der Waals surface area contributed by atoms with Gasteiger partial charge in [0, 0.05) is 10.3 Å². The Hall–Kier alpha value is -3.85. The van der Waals surface area contributed by atoms with E-state index in [-0.39, 0.29) is 23.1 Å². The van der Waals surface area contributed by atoms with Crippen molar-refractivity contribution in [3.8, 4) is 10.4 Å². The van der Waals surface area contributed by atoms with E-state index in [1.165, 1.54) is 28.2 Å². The van der Waals surface area contributed by atoms with Crippen LogP contribution in [-0.4, -0.2) is 21.6 Å². The second-order valence-corrected chi connectivity index (χ2v) is 8.83. The minimum Gasteiger partial charge on any atom is -0.267 e. The fourth-order valence-electron chi connectivity index (χ4n) is 3.44. The SMILES string of the molecule is Cc1cc(C(=O)NNC(=O)c2nn(C(C)C)c(=O)c3ccccc23)sc1-c1ccc(F)cc1. The van der Waals surface area contributed by atoms with Gasteiger partial charge in [-0.3, -0.25) is 25.2 Å². The largest absolute Gasteiger partial charge is 0.290 e. The predicted molar refractivity (Wildman–Crippen MR) is 126 cm³/mol. The van der Waals surface area contributed by atoms with Crippen LogP contribution in [0, 0.1) is 12.7 Å². The Morgan fingerprint density at radius 1 is 1.00 bits per heavy atom. The molecule has 0 atom stereocenters. The summed E-state index contributed by atoms with van der Waals surface area (Å²) in [6, 6.07) is 14.2. The van der Waals surface area contributed by atoms with Gasteiger partial charge in [-0.1, -0.05) is 30.3 Å². The number of halogens is 1. The molecule has 0 saturated heterocycles. The topological polar surface area (TPSA) is 93.1 Å². The number of amides is 2. The van der Waals surface area contributed by atoms with Gasteiger partial charge in [0.25, 0.3) is 17.4 Å². The number of hydrogen-bond donors (Lipinski definition) is 2. The molecule has 4 aromatic rings. The van der Waals surface area contributed by atoms with E-state index in [1.54, 1.807) is 56.3 Å². The van der Waals surface area contributed by atoms with Gasteiger partial charge in [0.1, 0.15) is 5.82 Å². The maximum Gasteiger partial charge on any atom is 0.290 e. The molecule has 7 nitrogen and oxygen atoms in total. The van der Waals surface area contributed by atoms with Gasteiger partial charge in [-0.05, 0) is 56.2 Å². The fourth-order valence-corrected chi connectivity index (χ4v) is 4.51. The monoisotopic (exact) mass is 464 g/mol. The third kappa shape index (κ3) is 4.40. The van der Waals surface area contributed by atoms with Crippen LogP contribution in [0.4, 0.5) is 4.39 Å². The Kier molecular flexibility index (Phi) is 6.06. The van der Waals surface area contributed by atoms with Crippen molar-refractivity contribution in [1.29, 1.82) is 0 Å². The van der Waals surface area contributed by atoms with Crippen molar-refractivity contribution in [3.05, 3.63) is 86.9 Å². The predicted octanol–water partition coefficient (Wildman–Crippen LogP) is 4.23. The number of aromatic nitrogens is 2. The summed E-state index contributed by atoms with van der Waals surface area (Å²) in [5, 5.41) is 5.00. The Morgan fingerprint density at radius 2 is 1.64 bits per heavy atom. The normalized spacial score (nSPS) is 11.1. The Balaban J connectivity index is 1.56. The summed E-state index contributed by atoms with van der Waals surface area (Å²) in [6.45, 7) is 5.45. The van der Waals surface area contributed by atoms with E-state index >= 15 is 0 Å². The molecule has 0 aliphatic rings. The third-order valence-electron chi connectivity index (χ3n) is 5.07. The van der Waals surface area contributed by atoms with Crippen molar-refractivity contribution >= 4 is 33.9 Å². The zero-order valence-electron chi connectivity index (χ0n) is 18.2. The van der Waals surface area contributed by atoms with E-state index in [0.29, 0.717) is 15.6 Å². The molecule has 0 saturated carbocycles. The van der Waals surface area contributed by atoms with Crippen molar-refractivity contribution in [1.82, 2.24) is 20.6 Å². The van der Waals surface area contributed by atoms with Gasteiger partial charge >= 0.3 is 0 Å². The summed E-state index contributed by atoms with van der Waals surface area (Å²) in [5.74, 6) is -1.47. The highest BCUT2D eigenvalue weighted by molar-refractivity contribution is 7.17. The minimum atomic E-state index is -0.638. The molecular weight excluding hydrogens is 443 g/mol. The molecule has 2 heterocycles. The summed E-state index contributed by atoms with van der Waals surface area (Å²) < 4.78 is 14.5. The molecule has 0 bridgehead atoms. The molecule has 4 rings (SSSR count). The van der Waals surface area contributed by atoms with Crippen molar-refractivity contribution in [3.63, 3.8) is 0 Å². The zero-order valence-corrected chi connectivity index (χ0v) is 19.0. The fraction of sp³-hybridized carbons (Fsp3) is 0.167. The van der Waals surface area contributed by atoms with Gasteiger partial charge < -0.3 is 0 Å². The zero-order chi connectivity index (χ0) is 23.7. The molecule has 2 aromatic carbocycles. The number of hydrazine groups is 1. The van der Waals surface area contributed by atoms with Crippen LogP contribution in [0.5, 0.6) is 0 Å². The van der Waals surface area contributed by atoms with Gasteiger partial charge in [-0.2, -0.15) is 5.10 Å². The molecule has 0 aliphatic carbocycles. The average molecular weight is 465 g/mol. The van der Waals surface area contributed by atoms with Crippen LogP contribution < -0.4 is 16.4 Å². The highest BCUT2D eigenvalue weighted by Gasteiger charge is 2.19. The van der Waals surface area contributed by atoms with E-state index in [9.17, 15) is 18.8 Å². The third-order valence-corrected chi connectivity index (χ3v) is 6.36. The molecule has 9 heteroatoms. The van der Waals surface area contributed by atoms with Gasteiger partial charge in [0.2, 0.25) is 0 Å². The molecular formula is C24H21FN4O3S. The van der Waals surface area contributed by atoms with E-state index in [4.69, 9.17) is 0 Å². The number of benzene rings is 2. The molecule has 0 radical (unpaired) electrons. The first-order valence-electron chi connectivity index (χ1n) is 10.2. The van der Waals surface area contributed by atoms with Crippen LogP contribution in [-0.2, 0) is 0 Å². The Morgan fingerprint density at radius 3 is 2.30 bits per heavy atom. The molecule has 0 unspecified atom stereocenters. The molecule has 2 aromatic heterocycles. The number of nitrogens with one attached hydrogen (secondary N) is 2. The lowest BCUT2D eigenvalue weighted by molar-refractivity contribution is 0.0845. The summed E-state index contributed by atoms with van der Waals surface area (Å²) in [6.07, 6.45) is 0. The summed E-state index contributed by atoms with van der Waals surface area (Å²) >= 11 is 1.24. The second kappa shape index (κ2) is 8.95. The molecule has 33 heavy (non-hydrogen) atoms. The molecule has 2 N–H and O–H groups in total. The number of aryl methyl sites for hydroxylation is 1. The van der Waals surface area contributed by atoms with Crippen molar-refractivity contribution in [2.45, 2.75) is 26.8 Å². The van der Waals surface area contributed by atoms with E-state index in [2.05, 4.69) is 16.0 Å². The Bertz CT molecular complexity index is 1420. The van der Waals surface area contributed by atoms with Crippen LogP contribution in [0.15, 0.2) is 59.4 Å². The first kappa shape index (κ1) is 22.3. The van der Waals surface area contributed by atoms with Crippen LogP contribution in [0.3, 0.4) is 0 Å². The molecule has 168 valence electrons. The first-order valence-corrected chi connectivity index (χ1v) is 11.1. The first-order chi connectivity index (χ1) is 15.8. The van der Waals surface area contributed by atoms with Crippen LogP contribution in [0.25, 0.3) is 21.2 Å². The van der Waals surface area contributed by atoms with Gasteiger partial charge in [-0.25, -0.2) is 9.07 Å². The maximum absolute atomic E-state index is 13.2. The lowest BCUT2D eigenvalue weighted by atomic mass is 10.1. The molecule has 2 amide bonds. The number of fused-ring (bicyclic) bond motifs is 1. The lowest BCUT2D eigenvalue weighted by Crippen LogP contribution is -2.42. The van der Waals surface area contributed by atoms with Crippen molar-refractivity contribution in [2.75, 3.05) is 0 Å². The molecule has 0 aliphatic heterocycles. The van der Waals surface area contributed by atoms with E-state index in [0.717, 1.165) is 16.0 Å². The number of rotatable bonds is 4. The van der Waals surface area contributed by atoms with E-state index in [1.807, 2.05) is 6.92 Å². The maximum atomic E-state index is 13.2. The number of carbonyl (C=O) groups is 2. The number of carbonyl (C=O) groups excluding carboxylic acids is 2. The average Bonchev–Trinajstić information content (AvgIpc) is 3.19. The smallest absolute Gasteiger partial charge is 0.267 e. The summed E-state index contributed by atoms with van der Waals surface area (Å²) in [4.78, 5) is 39.4. The van der Waals surface area contributed by atoms with Crippen LogP contribution >= 0.6 is 11.3 Å². The van der Waals surface area contributed by atoms with Crippen LogP contribution in [0.2, 0.25) is 0 Å². The minimum absolute atomic E-state index is 0.0357. The molecule has 0 spiro atoms. The number of hydrogen-bond acceptors (Lipinski definition) is 5.